The predicted octanol–water partition coefficient (Wildman–Crippen LogP) is 3.83. The molecule has 2 aromatic carbocycles. The van der Waals surface area contributed by atoms with E-state index >= 15 is 0 Å². The van der Waals surface area contributed by atoms with E-state index in [4.69, 9.17) is 17.0 Å². The molecule has 0 unspecified atom stereocenters. The summed E-state index contributed by atoms with van der Waals surface area (Å²) in [6.07, 6.45) is 5.03. The molecule has 0 spiro atoms. The maximum Gasteiger partial charge on any atom is 0.311 e. The molecule has 0 radical (unpaired) electrons. The van der Waals surface area contributed by atoms with Crippen molar-refractivity contribution in [2.24, 2.45) is 5.10 Å². The summed E-state index contributed by atoms with van der Waals surface area (Å²) < 4.78 is 7.07. The molecule has 0 bridgehead atoms. The normalized spacial score (nSPS) is 10.7. The molecule has 0 aliphatic rings. The maximum atomic E-state index is 11.6. The van der Waals surface area contributed by atoms with Crippen molar-refractivity contribution in [3.63, 3.8) is 0 Å². The van der Waals surface area contributed by atoms with Crippen LogP contribution in [0.4, 0.5) is 5.69 Å². The zero-order valence-electron chi connectivity index (χ0n) is 17.4. The molecule has 9 nitrogen and oxygen atoms in total. The molecule has 0 aliphatic carbocycles. The second-order valence-electron chi connectivity index (χ2n) is 6.45. The lowest BCUT2D eigenvalue weighted by Gasteiger charge is -2.06. The van der Waals surface area contributed by atoms with Crippen molar-refractivity contribution < 1.29 is 9.66 Å². The fourth-order valence-electron chi connectivity index (χ4n) is 2.87. The number of aromatic nitrogens is 2. The second kappa shape index (κ2) is 10.8. The van der Waals surface area contributed by atoms with Crippen LogP contribution in [0.1, 0.15) is 12.5 Å². The molecular formula is C22H22N6O3S. The number of ether oxygens (including phenoxy) is 1. The summed E-state index contributed by atoms with van der Waals surface area (Å²) in [7, 11) is 0. The molecule has 32 heavy (non-hydrogen) atoms. The summed E-state index contributed by atoms with van der Waals surface area (Å²) in [5.74, 6) is 0.208. The highest BCUT2D eigenvalue weighted by Crippen LogP contribution is 2.33. The number of thiocarbonyl (C=S) groups is 1. The van der Waals surface area contributed by atoms with E-state index in [-0.39, 0.29) is 11.4 Å². The first-order chi connectivity index (χ1) is 15.5. The van der Waals surface area contributed by atoms with E-state index in [1.165, 1.54) is 6.07 Å². The Morgan fingerprint density at radius 2 is 2.12 bits per heavy atom. The number of hydrogen-bond acceptors (Lipinski definition) is 6. The largest absolute Gasteiger partial charge is 0.487 e. The van der Waals surface area contributed by atoms with E-state index in [1.54, 1.807) is 42.2 Å². The van der Waals surface area contributed by atoms with Crippen molar-refractivity contribution in [3.8, 4) is 22.7 Å². The smallest absolute Gasteiger partial charge is 0.311 e. The van der Waals surface area contributed by atoms with Gasteiger partial charge in [0.2, 0.25) is 0 Å². The maximum absolute atomic E-state index is 11.6. The average Bonchev–Trinajstić information content (AvgIpc) is 3.23. The number of hydrazone groups is 1. The molecular weight excluding hydrogens is 428 g/mol. The van der Waals surface area contributed by atoms with Gasteiger partial charge < -0.3 is 10.1 Å². The zero-order chi connectivity index (χ0) is 22.9. The van der Waals surface area contributed by atoms with E-state index in [1.807, 2.05) is 30.3 Å². The second-order valence-corrected chi connectivity index (χ2v) is 6.86. The molecule has 164 valence electrons. The van der Waals surface area contributed by atoms with Crippen molar-refractivity contribution in [1.82, 2.24) is 20.5 Å². The van der Waals surface area contributed by atoms with E-state index in [0.29, 0.717) is 35.1 Å². The lowest BCUT2D eigenvalue weighted by atomic mass is 10.1. The number of nitro benzene ring substituents is 1. The molecule has 0 atom stereocenters. The molecule has 1 aromatic heterocycles. The standard InChI is InChI=1S/C22H22N6O3S/c1-3-12-23-22(32)25-24-14-17-15-27(18-8-6-5-7-9-18)26-21(17)16-10-11-20(31-4-2)19(13-16)28(29)30/h3,5-11,13-15H,1,4,12H2,2H3,(H2,23,25,32). The summed E-state index contributed by atoms with van der Waals surface area (Å²) in [6, 6.07) is 14.3. The molecule has 3 rings (SSSR count). The first kappa shape index (κ1) is 22.6. The summed E-state index contributed by atoms with van der Waals surface area (Å²) in [5, 5.41) is 23.6. The van der Waals surface area contributed by atoms with Gasteiger partial charge in [-0.15, -0.1) is 6.58 Å². The van der Waals surface area contributed by atoms with Crippen LogP contribution in [0.15, 0.2) is 72.5 Å². The molecule has 0 aliphatic heterocycles. The Balaban J connectivity index is 2.01. The van der Waals surface area contributed by atoms with Crippen LogP contribution in [-0.4, -0.2) is 39.2 Å². The summed E-state index contributed by atoms with van der Waals surface area (Å²) in [4.78, 5) is 11.1. The van der Waals surface area contributed by atoms with Gasteiger partial charge in [0.25, 0.3) is 0 Å². The predicted molar refractivity (Wildman–Crippen MR) is 128 cm³/mol. The number of benzene rings is 2. The van der Waals surface area contributed by atoms with Crippen LogP contribution in [0.5, 0.6) is 5.75 Å². The highest BCUT2D eigenvalue weighted by Gasteiger charge is 2.19. The van der Waals surface area contributed by atoms with Crippen LogP contribution in [0.25, 0.3) is 16.9 Å². The number of nitrogens with one attached hydrogen (secondary N) is 2. The van der Waals surface area contributed by atoms with Crippen molar-refractivity contribution >= 4 is 29.2 Å². The zero-order valence-corrected chi connectivity index (χ0v) is 18.2. The Morgan fingerprint density at radius 1 is 1.34 bits per heavy atom. The van der Waals surface area contributed by atoms with Gasteiger partial charge in [0.1, 0.15) is 5.69 Å². The molecule has 0 amide bonds. The monoisotopic (exact) mass is 450 g/mol. The summed E-state index contributed by atoms with van der Waals surface area (Å²) in [5.41, 5.74) is 5.16. The van der Waals surface area contributed by atoms with Gasteiger partial charge in [0.15, 0.2) is 10.9 Å². The Kier molecular flexibility index (Phi) is 7.65. The van der Waals surface area contributed by atoms with Crippen LogP contribution in [0.2, 0.25) is 0 Å². The van der Waals surface area contributed by atoms with E-state index in [2.05, 4.69) is 27.5 Å². The summed E-state index contributed by atoms with van der Waals surface area (Å²) >= 11 is 5.13. The molecule has 0 saturated heterocycles. The van der Waals surface area contributed by atoms with E-state index in [9.17, 15) is 10.1 Å². The topological polar surface area (TPSA) is 107 Å². The van der Waals surface area contributed by atoms with Gasteiger partial charge in [-0.05, 0) is 43.4 Å². The van der Waals surface area contributed by atoms with Gasteiger partial charge in [0.05, 0.1) is 23.4 Å². The first-order valence-corrected chi connectivity index (χ1v) is 10.2. The van der Waals surface area contributed by atoms with Crippen LogP contribution in [-0.2, 0) is 0 Å². The molecule has 2 N–H and O–H groups in total. The Bertz CT molecular complexity index is 1140. The van der Waals surface area contributed by atoms with E-state index < -0.39 is 4.92 Å². The Morgan fingerprint density at radius 3 is 2.81 bits per heavy atom. The fourth-order valence-corrected chi connectivity index (χ4v) is 3.00. The number of rotatable bonds is 9. The Hall–Kier alpha value is -4.05. The summed E-state index contributed by atoms with van der Waals surface area (Å²) in [6.45, 7) is 6.23. The highest BCUT2D eigenvalue weighted by atomic mass is 32.1. The van der Waals surface area contributed by atoms with Crippen LogP contribution < -0.4 is 15.5 Å². The molecule has 3 aromatic rings. The average molecular weight is 451 g/mol. The minimum atomic E-state index is -0.471. The van der Waals surface area contributed by atoms with Crippen molar-refractivity contribution in [1.29, 1.82) is 0 Å². The van der Waals surface area contributed by atoms with Gasteiger partial charge in [-0.1, -0.05) is 24.3 Å². The van der Waals surface area contributed by atoms with Crippen LogP contribution in [0.3, 0.4) is 0 Å². The minimum absolute atomic E-state index is 0.130. The molecule has 0 saturated carbocycles. The van der Waals surface area contributed by atoms with Gasteiger partial charge in [-0.25, -0.2) is 4.68 Å². The van der Waals surface area contributed by atoms with Crippen molar-refractivity contribution in [2.75, 3.05) is 13.2 Å². The quantitative estimate of drug-likeness (QED) is 0.168. The number of para-hydroxylation sites is 1. The van der Waals surface area contributed by atoms with Gasteiger partial charge in [0, 0.05) is 29.9 Å². The number of nitrogens with zero attached hydrogens (tertiary/aromatic N) is 4. The third-order valence-corrected chi connectivity index (χ3v) is 4.50. The molecule has 10 heteroatoms. The fraction of sp³-hybridized carbons (Fsp3) is 0.136. The third kappa shape index (κ3) is 5.55. The van der Waals surface area contributed by atoms with Gasteiger partial charge in [-0.2, -0.15) is 10.2 Å². The van der Waals surface area contributed by atoms with E-state index in [0.717, 1.165) is 5.69 Å². The van der Waals surface area contributed by atoms with Crippen molar-refractivity contribution in [2.45, 2.75) is 6.92 Å². The highest BCUT2D eigenvalue weighted by molar-refractivity contribution is 7.80. The first-order valence-electron chi connectivity index (χ1n) is 9.78. The third-order valence-electron chi connectivity index (χ3n) is 4.27. The van der Waals surface area contributed by atoms with Crippen LogP contribution in [0, 0.1) is 10.1 Å². The molecule has 1 heterocycles. The number of hydrogen-bond donors (Lipinski definition) is 2. The Labute approximate surface area is 190 Å². The molecule has 0 fully saturated rings. The van der Waals surface area contributed by atoms with Crippen LogP contribution >= 0.6 is 12.2 Å². The SMILES string of the molecule is C=CCNC(=S)NN=Cc1cn(-c2ccccc2)nc1-c1ccc(OCC)c([N+](=O)[O-])c1. The lowest BCUT2D eigenvalue weighted by Crippen LogP contribution is -2.31. The minimum Gasteiger partial charge on any atom is -0.487 e. The lowest BCUT2D eigenvalue weighted by molar-refractivity contribution is -0.385. The van der Waals surface area contributed by atoms with Crippen molar-refractivity contribution in [3.05, 3.63) is 83.1 Å². The number of nitro groups is 1. The van der Waals surface area contributed by atoms with Gasteiger partial charge in [-0.3, -0.25) is 15.5 Å². The van der Waals surface area contributed by atoms with Gasteiger partial charge >= 0.3 is 5.69 Å².